The molecular formula is C16H15N5O2. The highest BCUT2D eigenvalue weighted by atomic mass is 16.3. The zero-order valence-electron chi connectivity index (χ0n) is 12.2. The lowest BCUT2D eigenvalue weighted by molar-refractivity contribution is 0.0906. The Kier molecular flexibility index (Phi) is 4.39. The number of nitrogens with zero attached hydrogens (tertiary/aromatic N) is 4. The van der Waals surface area contributed by atoms with Crippen LogP contribution in [0.3, 0.4) is 0 Å². The minimum Gasteiger partial charge on any atom is -0.387 e. The van der Waals surface area contributed by atoms with Crippen LogP contribution < -0.4 is 5.32 Å². The number of benzene rings is 1. The SMILES string of the molecule is O=C(NCC(O)c1ccncc1)c1ncn(-c2ccccc2)n1. The Morgan fingerprint density at radius 3 is 2.65 bits per heavy atom. The molecule has 0 spiro atoms. The van der Waals surface area contributed by atoms with Gasteiger partial charge in [0.2, 0.25) is 5.82 Å². The number of hydrogen-bond donors (Lipinski definition) is 2. The van der Waals surface area contributed by atoms with Gasteiger partial charge in [-0.2, -0.15) is 0 Å². The number of aliphatic hydroxyl groups excluding tert-OH is 1. The van der Waals surface area contributed by atoms with Crippen molar-refractivity contribution in [1.82, 2.24) is 25.1 Å². The zero-order valence-corrected chi connectivity index (χ0v) is 12.2. The second-order valence-electron chi connectivity index (χ2n) is 4.85. The lowest BCUT2D eigenvalue weighted by Gasteiger charge is -2.10. The second kappa shape index (κ2) is 6.80. The molecule has 1 amide bonds. The number of carbonyl (C=O) groups excluding carboxylic acids is 1. The number of aromatic nitrogens is 4. The molecular weight excluding hydrogens is 294 g/mol. The maximum Gasteiger partial charge on any atom is 0.291 e. The van der Waals surface area contributed by atoms with Crippen molar-refractivity contribution >= 4 is 5.91 Å². The van der Waals surface area contributed by atoms with Gasteiger partial charge >= 0.3 is 0 Å². The molecule has 0 aliphatic rings. The Morgan fingerprint density at radius 2 is 1.91 bits per heavy atom. The molecule has 0 radical (unpaired) electrons. The molecule has 3 rings (SSSR count). The van der Waals surface area contributed by atoms with Crippen molar-refractivity contribution in [2.75, 3.05) is 6.54 Å². The molecule has 116 valence electrons. The molecule has 1 unspecified atom stereocenters. The quantitative estimate of drug-likeness (QED) is 0.737. The van der Waals surface area contributed by atoms with Crippen LogP contribution in [0, 0.1) is 0 Å². The predicted octanol–water partition coefficient (Wildman–Crippen LogP) is 1.13. The number of nitrogens with one attached hydrogen (secondary N) is 1. The summed E-state index contributed by atoms with van der Waals surface area (Å²) in [6, 6.07) is 12.8. The smallest absolute Gasteiger partial charge is 0.291 e. The van der Waals surface area contributed by atoms with Gasteiger partial charge in [-0.3, -0.25) is 9.78 Å². The lowest BCUT2D eigenvalue weighted by atomic mass is 10.1. The molecule has 0 fully saturated rings. The van der Waals surface area contributed by atoms with E-state index in [4.69, 9.17) is 0 Å². The Balaban J connectivity index is 1.62. The van der Waals surface area contributed by atoms with E-state index in [-0.39, 0.29) is 12.4 Å². The normalized spacial score (nSPS) is 11.9. The number of pyridine rings is 1. The van der Waals surface area contributed by atoms with Crippen molar-refractivity contribution in [3.8, 4) is 5.69 Å². The van der Waals surface area contributed by atoms with Crippen LogP contribution in [0.2, 0.25) is 0 Å². The van der Waals surface area contributed by atoms with Gasteiger partial charge in [-0.1, -0.05) is 18.2 Å². The first kappa shape index (κ1) is 14.9. The van der Waals surface area contributed by atoms with Crippen LogP contribution in [0.5, 0.6) is 0 Å². The van der Waals surface area contributed by atoms with Crippen LogP contribution in [0.25, 0.3) is 5.69 Å². The monoisotopic (exact) mass is 309 g/mol. The number of amides is 1. The summed E-state index contributed by atoms with van der Waals surface area (Å²) in [6.45, 7) is 0.0721. The van der Waals surface area contributed by atoms with Gasteiger partial charge in [-0.15, -0.1) is 5.10 Å². The summed E-state index contributed by atoms with van der Waals surface area (Å²) < 4.78 is 1.52. The lowest BCUT2D eigenvalue weighted by Crippen LogP contribution is -2.29. The number of para-hydroxylation sites is 1. The van der Waals surface area contributed by atoms with E-state index >= 15 is 0 Å². The molecule has 2 N–H and O–H groups in total. The fourth-order valence-electron chi connectivity index (χ4n) is 2.04. The number of aliphatic hydroxyl groups is 1. The van der Waals surface area contributed by atoms with E-state index in [1.165, 1.54) is 11.0 Å². The van der Waals surface area contributed by atoms with E-state index in [0.717, 1.165) is 5.69 Å². The first-order valence-electron chi connectivity index (χ1n) is 7.07. The van der Waals surface area contributed by atoms with Crippen LogP contribution in [0.15, 0.2) is 61.2 Å². The molecule has 0 aliphatic heterocycles. The highest BCUT2D eigenvalue weighted by molar-refractivity contribution is 5.90. The van der Waals surface area contributed by atoms with Crippen LogP contribution in [-0.2, 0) is 0 Å². The number of rotatable bonds is 5. The Morgan fingerprint density at radius 1 is 1.17 bits per heavy atom. The van der Waals surface area contributed by atoms with E-state index in [1.807, 2.05) is 30.3 Å². The first-order valence-corrected chi connectivity index (χ1v) is 7.07. The van der Waals surface area contributed by atoms with Gasteiger partial charge < -0.3 is 10.4 Å². The van der Waals surface area contributed by atoms with Crippen molar-refractivity contribution in [3.05, 3.63) is 72.6 Å². The van der Waals surface area contributed by atoms with Crippen molar-refractivity contribution in [3.63, 3.8) is 0 Å². The fourth-order valence-corrected chi connectivity index (χ4v) is 2.04. The first-order chi connectivity index (χ1) is 11.2. The summed E-state index contributed by atoms with van der Waals surface area (Å²) in [6.07, 6.45) is 3.84. The third kappa shape index (κ3) is 3.58. The van der Waals surface area contributed by atoms with E-state index in [0.29, 0.717) is 5.56 Å². The van der Waals surface area contributed by atoms with Crippen LogP contribution >= 0.6 is 0 Å². The molecule has 7 nitrogen and oxygen atoms in total. The fraction of sp³-hybridized carbons (Fsp3) is 0.125. The molecule has 0 bridgehead atoms. The van der Waals surface area contributed by atoms with Crippen molar-refractivity contribution < 1.29 is 9.90 Å². The topological polar surface area (TPSA) is 92.9 Å². The number of carbonyl (C=O) groups is 1. The Bertz CT molecular complexity index is 773. The maximum absolute atomic E-state index is 12.1. The van der Waals surface area contributed by atoms with Crippen molar-refractivity contribution in [1.29, 1.82) is 0 Å². The van der Waals surface area contributed by atoms with Crippen LogP contribution in [0.1, 0.15) is 22.3 Å². The minimum absolute atomic E-state index is 0.0516. The van der Waals surface area contributed by atoms with Gasteiger partial charge in [0.15, 0.2) is 0 Å². The highest BCUT2D eigenvalue weighted by Crippen LogP contribution is 2.10. The molecule has 1 aromatic carbocycles. The summed E-state index contributed by atoms with van der Waals surface area (Å²) in [5.74, 6) is -0.386. The van der Waals surface area contributed by atoms with Gasteiger partial charge in [-0.05, 0) is 29.8 Å². The predicted molar refractivity (Wildman–Crippen MR) is 82.9 cm³/mol. The van der Waals surface area contributed by atoms with Crippen LogP contribution in [-0.4, -0.2) is 37.3 Å². The summed E-state index contributed by atoms with van der Waals surface area (Å²) in [5.41, 5.74) is 1.50. The molecule has 7 heteroatoms. The van der Waals surface area contributed by atoms with Gasteiger partial charge in [0.25, 0.3) is 5.91 Å². The van der Waals surface area contributed by atoms with E-state index < -0.39 is 12.0 Å². The van der Waals surface area contributed by atoms with Gasteiger partial charge in [0, 0.05) is 18.9 Å². The average molecular weight is 309 g/mol. The van der Waals surface area contributed by atoms with E-state index in [1.54, 1.807) is 24.5 Å². The van der Waals surface area contributed by atoms with E-state index in [2.05, 4.69) is 20.4 Å². The number of hydrogen-bond acceptors (Lipinski definition) is 5. The second-order valence-corrected chi connectivity index (χ2v) is 4.85. The molecule has 2 aromatic heterocycles. The minimum atomic E-state index is -0.807. The summed E-state index contributed by atoms with van der Waals surface area (Å²) >= 11 is 0. The summed E-state index contributed by atoms with van der Waals surface area (Å²) in [5, 5.41) is 16.8. The third-order valence-corrected chi connectivity index (χ3v) is 3.26. The van der Waals surface area contributed by atoms with Gasteiger partial charge in [0.05, 0.1) is 11.8 Å². The molecule has 3 aromatic rings. The Labute approximate surface area is 132 Å². The molecule has 0 aliphatic carbocycles. The largest absolute Gasteiger partial charge is 0.387 e. The van der Waals surface area contributed by atoms with Gasteiger partial charge in [0.1, 0.15) is 6.33 Å². The zero-order chi connectivity index (χ0) is 16.1. The summed E-state index contributed by atoms with van der Waals surface area (Å²) in [7, 11) is 0. The molecule has 1 atom stereocenters. The van der Waals surface area contributed by atoms with E-state index in [9.17, 15) is 9.90 Å². The molecule has 23 heavy (non-hydrogen) atoms. The Hall–Kier alpha value is -3.06. The van der Waals surface area contributed by atoms with Gasteiger partial charge in [-0.25, -0.2) is 9.67 Å². The van der Waals surface area contributed by atoms with Crippen LogP contribution in [0.4, 0.5) is 0 Å². The highest BCUT2D eigenvalue weighted by Gasteiger charge is 2.14. The summed E-state index contributed by atoms with van der Waals surface area (Å²) in [4.78, 5) is 19.9. The molecule has 0 saturated heterocycles. The molecule has 2 heterocycles. The average Bonchev–Trinajstić information content (AvgIpc) is 3.11. The third-order valence-electron chi connectivity index (χ3n) is 3.26. The standard InChI is InChI=1S/C16H15N5O2/c22-14(12-6-8-17-9-7-12)10-18-16(23)15-19-11-21(20-15)13-4-2-1-3-5-13/h1-9,11,14,22H,10H2,(H,18,23). The molecule has 0 saturated carbocycles. The maximum atomic E-state index is 12.1. The van der Waals surface area contributed by atoms with Crippen molar-refractivity contribution in [2.45, 2.75) is 6.10 Å². The van der Waals surface area contributed by atoms with Crippen molar-refractivity contribution in [2.24, 2.45) is 0 Å².